The predicted molar refractivity (Wildman–Crippen MR) is 85.6 cm³/mol. The molecule has 0 radical (unpaired) electrons. The minimum Gasteiger partial charge on any atom is -0.314 e. The summed E-state index contributed by atoms with van der Waals surface area (Å²) in [6, 6.07) is 0.703. The van der Waals surface area contributed by atoms with Crippen LogP contribution in [0.5, 0.6) is 0 Å². The van der Waals surface area contributed by atoms with E-state index < -0.39 is 0 Å². The van der Waals surface area contributed by atoms with E-state index in [1.807, 2.05) is 0 Å². The SMILES string of the molecule is CCCCC(CC)CNC(C)C1CCN(CC)CC1. The Bertz CT molecular complexity index is 209. The average Bonchev–Trinajstić information content (AvgIpc) is 2.47. The molecule has 1 N–H and O–H groups in total. The minimum atomic E-state index is 0.703. The van der Waals surface area contributed by atoms with E-state index in [0.29, 0.717) is 6.04 Å². The van der Waals surface area contributed by atoms with Gasteiger partial charge >= 0.3 is 0 Å². The highest BCUT2D eigenvalue weighted by atomic mass is 15.1. The number of piperidine rings is 1. The Labute approximate surface area is 121 Å². The summed E-state index contributed by atoms with van der Waals surface area (Å²) in [5, 5.41) is 3.83. The van der Waals surface area contributed by atoms with Gasteiger partial charge in [-0.3, -0.25) is 0 Å². The Morgan fingerprint density at radius 3 is 2.37 bits per heavy atom. The molecule has 1 heterocycles. The van der Waals surface area contributed by atoms with Gasteiger partial charge in [-0.1, -0.05) is 40.0 Å². The summed E-state index contributed by atoms with van der Waals surface area (Å²) < 4.78 is 0. The molecule has 0 aromatic rings. The lowest BCUT2D eigenvalue weighted by molar-refractivity contribution is 0.166. The highest BCUT2D eigenvalue weighted by molar-refractivity contribution is 4.79. The minimum absolute atomic E-state index is 0.703. The third kappa shape index (κ3) is 6.27. The van der Waals surface area contributed by atoms with Crippen molar-refractivity contribution in [3.8, 4) is 0 Å². The molecule has 0 aromatic carbocycles. The van der Waals surface area contributed by atoms with Crippen molar-refractivity contribution in [2.45, 2.75) is 72.3 Å². The number of hydrogen-bond donors (Lipinski definition) is 1. The first-order valence-corrected chi connectivity index (χ1v) is 8.66. The van der Waals surface area contributed by atoms with Crippen LogP contribution in [0.25, 0.3) is 0 Å². The van der Waals surface area contributed by atoms with Crippen molar-refractivity contribution < 1.29 is 0 Å². The van der Waals surface area contributed by atoms with E-state index in [2.05, 4.69) is 37.9 Å². The van der Waals surface area contributed by atoms with Crippen LogP contribution in [-0.4, -0.2) is 37.1 Å². The molecule has 0 aliphatic carbocycles. The van der Waals surface area contributed by atoms with Crippen LogP contribution in [0.15, 0.2) is 0 Å². The normalized spacial score (nSPS) is 21.5. The summed E-state index contributed by atoms with van der Waals surface area (Å²) in [6.45, 7) is 14.4. The topological polar surface area (TPSA) is 15.3 Å². The number of nitrogens with zero attached hydrogens (tertiary/aromatic N) is 1. The van der Waals surface area contributed by atoms with Crippen molar-refractivity contribution in [1.29, 1.82) is 0 Å². The maximum absolute atomic E-state index is 3.83. The fourth-order valence-electron chi connectivity index (χ4n) is 3.23. The second-order valence-electron chi connectivity index (χ2n) is 6.39. The number of rotatable bonds is 9. The van der Waals surface area contributed by atoms with Crippen LogP contribution in [0.4, 0.5) is 0 Å². The molecule has 2 unspecified atom stereocenters. The van der Waals surface area contributed by atoms with Gasteiger partial charge < -0.3 is 10.2 Å². The Kier molecular flexibility index (Phi) is 8.72. The van der Waals surface area contributed by atoms with Gasteiger partial charge in [-0.05, 0) is 64.2 Å². The summed E-state index contributed by atoms with van der Waals surface area (Å²) in [4.78, 5) is 2.58. The van der Waals surface area contributed by atoms with E-state index in [1.54, 1.807) is 0 Å². The van der Waals surface area contributed by atoms with Crippen molar-refractivity contribution in [2.75, 3.05) is 26.2 Å². The highest BCUT2D eigenvalue weighted by Gasteiger charge is 2.23. The van der Waals surface area contributed by atoms with E-state index >= 15 is 0 Å². The molecule has 2 atom stereocenters. The monoisotopic (exact) mass is 268 g/mol. The second-order valence-corrected chi connectivity index (χ2v) is 6.39. The van der Waals surface area contributed by atoms with Gasteiger partial charge in [-0.15, -0.1) is 0 Å². The molecule has 0 spiro atoms. The van der Waals surface area contributed by atoms with Crippen LogP contribution in [0.2, 0.25) is 0 Å². The zero-order valence-electron chi connectivity index (χ0n) is 13.8. The van der Waals surface area contributed by atoms with Gasteiger partial charge in [0.15, 0.2) is 0 Å². The molecular weight excluding hydrogens is 232 g/mol. The van der Waals surface area contributed by atoms with Crippen molar-refractivity contribution in [3.05, 3.63) is 0 Å². The fraction of sp³-hybridized carbons (Fsp3) is 1.00. The lowest BCUT2D eigenvalue weighted by Crippen LogP contribution is -2.43. The fourth-order valence-corrected chi connectivity index (χ4v) is 3.23. The van der Waals surface area contributed by atoms with E-state index in [1.165, 1.54) is 64.7 Å². The first-order valence-electron chi connectivity index (χ1n) is 8.66. The van der Waals surface area contributed by atoms with Crippen LogP contribution in [0.1, 0.15) is 66.2 Å². The standard InChI is InChI=1S/C17H36N2/c1-5-8-9-16(6-2)14-18-15(4)17-10-12-19(7-3)13-11-17/h15-18H,5-14H2,1-4H3. The molecule has 0 saturated carbocycles. The zero-order chi connectivity index (χ0) is 14.1. The van der Waals surface area contributed by atoms with Crippen molar-refractivity contribution >= 4 is 0 Å². The molecule has 114 valence electrons. The van der Waals surface area contributed by atoms with Gasteiger partial charge in [0.05, 0.1) is 0 Å². The molecule has 19 heavy (non-hydrogen) atoms. The lowest BCUT2D eigenvalue weighted by atomic mass is 9.89. The number of nitrogens with one attached hydrogen (secondary N) is 1. The third-order valence-electron chi connectivity index (χ3n) is 5.06. The number of likely N-dealkylation sites (tertiary alicyclic amines) is 1. The second kappa shape index (κ2) is 9.77. The first kappa shape index (κ1) is 17.0. The summed E-state index contributed by atoms with van der Waals surface area (Å²) in [6.07, 6.45) is 8.22. The summed E-state index contributed by atoms with van der Waals surface area (Å²) >= 11 is 0. The molecule has 2 heteroatoms. The van der Waals surface area contributed by atoms with Crippen LogP contribution >= 0.6 is 0 Å². The molecular formula is C17H36N2. The van der Waals surface area contributed by atoms with E-state index in [0.717, 1.165) is 11.8 Å². The van der Waals surface area contributed by atoms with E-state index in [9.17, 15) is 0 Å². The summed E-state index contributed by atoms with van der Waals surface area (Å²) in [5.74, 6) is 1.78. The molecule has 0 aromatic heterocycles. The molecule has 0 amide bonds. The van der Waals surface area contributed by atoms with Gasteiger partial charge in [0.2, 0.25) is 0 Å². The molecule has 1 aliphatic heterocycles. The summed E-state index contributed by atoms with van der Waals surface area (Å²) in [5.41, 5.74) is 0. The number of hydrogen-bond acceptors (Lipinski definition) is 2. The van der Waals surface area contributed by atoms with E-state index in [4.69, 9.17) is 0 Å². The van der Waals surface area contributed by atoms with Gasteiger partial charge in [0.1, 0.15) is 0 Å². The Balaban J connectivity index is 2.21. The first-order chi connectivity index (χ1) is 9.21. The van der Waals surface area contributed by atoms with Crippen molar-refractivity contribution in [3.63, 3.8) is 0 Å². The quantitative estimate of drug-likeness (QED) is 0.682. The number of unbranched alkanes of at least 4 members (excludes halogenated alkanes) is 1. The third-order valence-corrected chi connectivity index (χ3v) is 5.06. The lowest BCUT2D eigenvalue weighted by Gasteiger charge is -2.35. The largest absolute Gasteiger partial charge is 0.314 e. The van der Waals surface area contributed by atoms with Gasteiger partial charge in [0.25, 0.3) is 0 Å². The molecule has 1 aliphatic rings. The van der Waals surface area contributed by atoms with Gasteiger partial charge in [-0.2, -0.15) is 0 Å². The van der Waals surface area contributed by atoms with Crippen LogP contribution in [0.3, 0.4) is 0 Å². The average molecular weight is 268 g/mol. The van der Waals surface area contributed by atoms with Gasteiger partial charge in [-0.25, -0.2) is 0 Å². The van der Waals surface area contributed by atoms with Crippen LogP contribution in [-0.2, 0) is 0 Å². The van der Waals surface area contributed by atoms with Crippen LogP contribution in [0, 0.1) is 11.8 Å². The highest BCUT2D eigenvalue weighted by Crippen LogP contribution is 2.21. The Morgan fingerprint density at radius 1 is 1.16 bits per heavy atom. The van der Waals surface area contributed by atoms with Crippen molar-refractivity contribution in [1.82, 2.24) is 10.2 Å². The molecule has 1 rings (SSSR count). The molecule has 1 fully saturated rings. The van der Waals surface area contributed by atoms with Crippen molar-refractivity contribution in [2.24, 2.45) is 11.8 Å². The molecule has 0 bridgehead atoms. The molecule has 1 saturated heterocycles. The van der Waals surface area contributed by atoms with E-state index in [-0.39, 0.29) is 0 Å². The Morgan fingerprint density at radius 2 is 1.84 bits per heavy atom. The predicted octanol–water partition coefficient (Wildman–Crippen LogP) is 3.91. The molecule has 2 nitrogen and oxygen atoms in total. The van der Waals surface area contributed by atoms with Crippen LogP contribution < -0.4 is 5.32 Å². The maximum Gasteiger partial charge on any atom is 0.00680 e. The summed E-state index contributed by atoms with van der Waals surface area (Å²) in [7, 11) is 0. The van der Waals surface area contributed by atoms with Gasteiger partial charge in [0, 0.05) is 6.04 Å². The Hall–Kier alpha value is -0.0800. The zero-order valence-corrected chi connectivity index (χ0v) is 13.8. The smallest absolute Gasteiger partial charge is 0.00680 e. The maximum atomic E-state index is 3.83.